The zero-order chi connectivity index (χ0) is 13.0. The van der Waals surface area contributed by atoms with E-state index < -0.39 is 0 Å². The summed E-state index contributed by atoms with van der Waals surface area (Å²) in [5.74, 6) is -0.178. The van der Waals surface area contributed by atoms with Gasteiger partial charge in [-0.1, -0.05) is 47.7 Å². The van der Waals surface area contributed by atoms with Gasteiger partial charge in [0, 0.05) is 12.1 Å². The summed E-state index contributed by atoms with van der Waals surface area (Å²) in [4.78, 5) is 16.7. The highest BCUT2D eigenvalue weighted by atomic mass is 32.1. The standard InChI is InChI=1S/C13H13N3OS/c1-2-8-15-12(17)11-10(16-13(14)18-11)9-6-4-3-5-7-9/h2-7H,1,8H2,(H2,14,16)(H,15,17). The summed E-state index contributed by atoms with van der Waals surface area (Å²) in [7, 11) is 0. The first-order valence-electron chi connectivity index (χ1n) is 5.43. The van der Waals surface area contributed by atoms with Crippen LogP contribution in [-0.2, 0) is 0 Å². The maximum Gasteiger partial charge on any atom is 0.263 e. The topological polar surface area (TPSA) is 68.0 Å². The first kappa shape index (κ1) is 12.3. The third-order valence-electron chi connectivity index (χ3n) is 2.30. The Labute approximate surface area is 109 Å². The lowest BCUT2D eigenvalue weighted by molar-refractivity contribution is 0.0962. The van der Waals surface area contributed by atoms with Gasteiger partial charge in [0.25, 0.3) is 5.91 Å². The zero-order valence-electron chi connectivity index (χ0n) is 9.72. The van der Waals surface area contributed by atoms with E-state index in [1.807, 2.05) is 30.3 Å². The van der Waals surface area contributed by atoms with Crippen LogP contribution in [-0.4, -0.2) is 17.4 Å². The number of nitrogens with zero attached hydrogens (tertiary/aromatic N) is 1. The predicted molar refractivity (Wildman–Crippen MR) is 74.5 cm³/mol. The molecule has 0 atom stereocenters. The van der Waals surface area contributed by atoms with Crippen molar-refractivity contribution in [3.8, 4) is 11.3 Å². The van der Waals surface area contributed by atoms with Gasteiger partial charge in [-0.25, -0.2) is 4.98 Å². The largest absolute Gasteiger partial charge is 0.375 e. The van der Waals surface area contributed by atoms with Gasteiger partial charge in [0.2, 0.25) is 0 Å². The number of rotatable bonds is 4. The molecule has 3 N–H and O–H groups in total. The molecule has 2 aromatic rings. The van der Waals surface area contributed by atoms with E-state index >= 15 is 0 Å². The van der Waals surface area contributed by atoms with Crippen LogP contribution in [0.5, 0.6) is 0 Å². The van der Waals surface area contributed by atoms with Crippen molar-refractivity contribution in [2.75, 3.05) is 12.3 Å². The molecular weight excluding hydrogens is 246 g/mol. The van der Waals surface area contributed by atoms with E-state index in [1.165, 1.54) is 11.3 Å². The summed E-state index contributed by atoms with van der Waals surface area (Å²) >= 11 is 1.19. The van der Waals surface area contributed by atoms with E-state index in [2.05, 4.69) is 16.9 Å². The van der Waals surface area contributed by atoms with Crippen molar-refractivity contribution in [1.29, 1.82) is 0 Å². The highest BCUT2D eigenvalue weighted by molar-refractivity contribution is 7.17. The summed E-state index contributed by atoms with van der Waals surface area (Å²) in [5, 5.41) is 3.12. The fraction of sp³-hybridized carbons (Fsp3) is 0.0769. The molecule has 1 amide bonds. The molecule has 1 aromatic carbocycles. The van der Waals surface area contributed by atoms with Crippen LogP contribution < -0.4 is 11.1 Å². The van der Waals surface area contributed by atoms with Crippen LogP contribution in [0, 0.1) is 0 Å². The lowest BCUT2D eigenvalue weighted by Crippen LogP contribution is -2.22. The lowest BCUT2D eigenvalue weighted by atomic mass is 10.1. The molecule has 0 aliphatic rings. The summed E-state index contributed by atoms with van der Waals surface area (Å²) in [6.07, 6.45) is 1.63. The van der Waals surface area contributed by atoms with Gasteiger partial charge in [-0.3, -0.25) is 4.79 Å². The normalized spacial score (nSPS) is 10.0. The highest BCUT2D eigenvalue weighted by Crippen LogP contribution is 2.29. The SMILES string of the molecule is C=CCNC(=O)c1sc(N)nc1-c1ccccc1. The molecular formula is C13H13N3OS. The Morgan fingerprint density at radius 2 is 2.17 bits per heavy atom. The number of carbonyl (C=O) groups is 1. The molecule has 0 unspecified atom stereocenters. The maximum absolute atomic E-state index is 12.0. The van der Waals surface area contributed by atoms with Gasteiger partial charge in [0.05, 0.1) is 5.69 Å². The molecule has 2 rings (SSSR count). The number of nitrogens with one attached hydrogen (secondary N) is 1. The Balaban J connectivity index is 2.37. The van der Waals surface area contributed by atoms with Crippen molar-refractivity contribution in [3.63, 3.8) is 0 Å². The quantitative estimate of drug-likeness (QED) is 0.828. The third-order valence-corrected chi connectivity index (χ3v) is 3.19. The van der Waals surface area contributed by atoms with Crippen molar-refractivity contribution < 1.29 is 4.79 Å². The number of anilines is 1. The van der Waals surface area contributed by atoms with Crippen molar-refractivity contribution >= 4 is 22.4 Å². The number of nitrogen functional groups attached to an aromatic ring is 1. The molecule has 1 heterocycles. The van der Waals surface area contributed by atoms with Gasteiger partial charge in [-0.05, 0) is 0 Å². The number of amides is 1. The number of thiazole rings is 1. The van der Waals surface area contributed by atoms with Crippen LogP contribution in [0.15, 0.2) is 43.0 Å². The monoisotopic (exact) mass is 259 g/mol. The Morgan fingerprint density at radius 1 is 1.44 bits per heavy atom. The second kappa shape index (κ2) is 5.46. The van der Waals surface area contributed by atoms with E-state index in [0.717, 1.165) is 5.56 Å². The van der Waals surface area contributed by atoms with Gasteiger partial charge in [-0.2, -0.15) is 0 Å². The molecule has 0 spiro atoms. The average molecular weight is 259 g/mol. The van der Waals surface area contributed by atoms with Gasteiger partial charge < -0.3 is 11.1 Å². The fourth-order valence-corrected chi connectivity index (χ4v) is 2.30. The van der Waals surface area contributed by atoms with Crippen molar-refractivity contribution in [2.24, 2.45) is 0 Å². The van der Waals surface area contributed by atoms with Crippen LogP contribution in [0.2, 0.25) is 0 Å². The summed E-state index contributed by atoms with van der Waals surface area (Å²) < 4.78 is 0. The maximum atomic E-state index is 12.0. The van der Waals surface area contributed by atoms with Crippen LogP contribution in [0.4, 0.5) is 5.13 Å². The Kier molecular flexibility index (Phi) is 3.74. The molecule has 0 radical (unpaired) electrons. The minimum Gasteiger partial charge on any atom is -0.375 e. The van der Waals surface area contributed by atoms with Crippen LogP contribution in [0.1, 0.15) is 9.67 Å². The van der Waals surface area contributed by atoms with Gasteiger partial charge >= 0.3 is 0 Å². The van der Waals surface area contributed by atoms with Crippen LogP contribution in [0.3, 0.4) is 0 Å². The summed E-state index contributed by atoms with van der Waals surface area (Å²) in [5.41, 5.74) is 7.20. The first-order chi connectivity index (χ1) is 8.72. The Morgan fingerprint density at radius 3 is 2.83 bits per heavy atom. The molecule has 0 aliphatic heterocycles. The number of hydrogen-bond acceptors (Lipinski definition) is 4. The number of aromatic nitrogens is 1. The lowest BCUT2D eigenvalue weighted by Gasteiger charge is -2.02. The van der Waals surface area contributed by atoms with E-state index in [-0.39, 0.29) is 5.91 Å². The zero-order valence-corrected chi connectivity index (χ0v) is 10.5. The fourth-order valence-electron chi connectivity index (χ4n) is 1.53. The Bertz CT molecular complexity index is 563. The van der Waals surface area contributed by atoms with E-state index in [0.29, 0.717) is 22.2 Å². The molecule has 0 fully saturated rings. The minimum atomic E-state index is -0.178. The van der Waals surface area contributed by atoms with E-state index in [4.69, 9.17) is 5.73 Å². The van der Waals surface area contributed by atoms with Crippen molar-refractivity contribution in [1.82, 2.24) is 10.3 Å². The number of hydrogen-bond donors (Lipinski definition) is 2. The smallest absolute Gasteiger partial charge is 0.263 e. The molecule has 5 heteroatoms. The Hall–Kier alpha value is -2.14. The molecule has 0 bridgehead atoms. The summed E-state index contributed by atoms with van der Waals surface area (Å²) in [6.45, 7) is 3.98. The third kappa shape index (κ3) is 2.57. The molecule has 0 saturated heterocycles. The van der Waals surface area contributed by atoms with Crippen molar-refractivity contribution in [3.05, 3.63) is 47.9 Å². The van der Waals surface area contributed by atoms with E-state index in [9.17, 15) is 4.79 Å². The molecule has 92 valence electrons. The molecule has 0 saturated carbocycles. The second-order valence-electron chi connectivity index (χ2n) is 3.59. The molecule has 1 aromatic heterocycles. The number of benzene rings is 1. The minimum absolute atomic E-state index is 0.178. The van der Waals surface area contributed by atoms with Crippen LogP contribution in [0.25, 0.3) is 11.3 Å². The van der Waals surface area contributed by atoms with Gasteiger partial charge in [0.1, 0.15) is 4.88 Å². The molecule has 4 nitrogen and oxygen atoms in total. The van der Waals surface area contributed by atoms with Crippen LogP contribution >= 0.6 is 11.3 Å². The number of nitrogens with two attached hydrogens (primary N) is 1. The summed E-state index contributed by atoms with van der Waals surface area (Å²) in [6, 6.07) is 9.51. The second-order valence-corrected chi connectivity index (χ2v) is 4.63. The number of carbonyl (C=O) groups excluding carboxylic acids is 1. The first-order valence-corrected chi connectivity index (χ1v) is 6.25. The van der Waals surface area contributed by atoms with Gasteiger partial charge in [0.15, 0.2) is 5.13 Å². The molecule has 18 heavy (non-hydrogen) atoms. The van der Waals surface area contributed by atoms with Gasteiger partial charge in [-0.15, -0.1) is 6.58 Å². The average Bonchev–Trinajstić information content (AvgIpc) is 2.79. The van der Waals surface area contributed by atoms with Crippen molar-refractivity contribution in [2.45, 2.75) is 0 Å². The molecule has 0 aliphatic carbocycles. The van der Waals surface area contributed by atoms with E-state index in [1.54, 1.807) is 6.08 Å². The predicted octanol–water partition coefficient (Wildman–Crippen LogP) is 2.31. The highest BCUT2D eigenvalue weighted by Gasteiger charge is 2.17.